The summed E-state index contributed by atoms with van der Waals surface area (Å²) in [5.41, 5.74) is 1.31. The highest BCUT2D eigenvalue weighted by atomic mass is 16.5. The van der Waals surface area contributed by atoms with E-state index < -0.39 is 5.97 Å². The monoisotopic (exact) mass is 300 g/mol. The van der Waals surface area contributed by atoms with Gasteiger partial charge in [-0.1, -0.05) is 12.1 Å². The van der Waals surface area contributed by atoms with Gasteiger partial charge in [-0.05, 0) is 48.4 Å². The number of rotatable bonds is 5. The van der Waals surface area contributed by atoms with Crippen LogP contribution in [0.15, 0.2) is 48.5 Å². The highest BCUT2D eigenvalue weighted by Gasteiger charge is 2.08. The van der Waals surface area contributed by atoms with E-state index in [0.29, 0.717) is 24.2 Å². The summed E-state index contributed by atoms with van der Waals surface area (Å²) in [6, 6.07) is 12.8. The Hall–Kier alpha value is -2.82. The Balaban J connectivity index is 1.94. The van der Waals surface area contributed by atoms with Gasteiger partial charge in [-0.2, -0.15) is 0 Å². The molecule has 5 heteroatoms. The maximum absolute atomic E-state index is 11.9. The number of aromatic hydroxyl groups is 1. The van der Waals surface area contributed by atoms with Gasteiger partial charge >= 0.3 is 11.9 Å². The van der Waals surface area contributed by atoms with E-state index in [1.165, 1.54) is 31.4 Å². The summed E-state index contributed by atoms with van der Waals surface area (Å²) in [6.07, 6.45) is 0.877. The molecule has 0 aliphatic rings. The molecule has 0 atom stereocenters. The number of phenolic OH excluding ortho intramolecular Hbond substituents is 1. The molecule has 0 spiro atoms. The van der Waals surface area contributed by atoms with E-state index in [1.807, 2.05) is 0 Å². The largest absolute Gasteiger partial charge is 0.508 e. The van der Waals surface area contributed by atoms with Gasteiger partial charge in [-0.25, -0.2) is 4.79 Å². The third-order valence-corrected chi connectivity index (χ3v) is 3.08. The molecule has 0 aromatic heterocycles. The van der Waals surface area contributed by atoms with Crippen LogP contribution in [0.25, 0.3) is 0 Å². The maximum atomic E-state index is 11.9. The number of benzene rings is 2. The van der Waals surface area contributed by atoms with Crippen LogP contribution in [0, 0.1) is 0 Å². The number of methoxy groups -OCH3 is 1. The van der Waals surface area contributed by atoms with Crippen molar-refractivity contribution in [3.8, 4) is 11.5 Å². The van der Waals surface area contributed by atoms with Crippen molar-refractivity contribution in [2.75, 3.05) is 7.11 Å². The van der Waals surface area contributed by atoms with Crippen LogP contribution in [0.2, 0.25) is 0 Å². The van der Waals surface area contributed by atoms with E-state index in [0.717, 1.165) is 5.56 Å². The Bertz CT molecular complexity index is 644. The lowest BCUT2D eigenvalue weighted by atomic mass is 10.1. The highest BCUT2D eigenvalue weighted by molar-refractivity contribution is 5.91. The van der Waals surface area contributed by atoms with Crippen LogP contribution in [0.5, 0.6) is 11.5 Å². The molecule has 0 unspecified atom stereocenters. The van der Waals surface area contributed by atoms with Crippen molar-refractivity contribution in [2.45, 2.75) is 12.8 Å². The molecule has 22 heavy (non-hydrogen) atoms. The SMILES string of the molecule is COC(=O)CCc1ccc(OC(=O)c2ccc(O)cc2)cc1. The number of phenols is 1. The minimum Gasteiger partial charge on any atom is -0.508 e. The second-order valence-electron chi connectivity index (χ2n) is 4.66. The van der Waals surface area contributed by atoms with E-state index in [-0.39, 0.29) is 11.7 Å². The number of hydrogen-bond donors (Lipinski definition) is 1. The summed E-state index contributed by atoms with van der Waals surface area (Å²) in [6.45, 7) is 0. The van der Waals surface area contributed by atoms with Gasteiger partial charge in [-0.3, -0.25) is 4.79 Å². The third-order valence-electron chi connectivity index (χ3n) is 3.08. The molecule has 0 aliphatic heterocycles. The molecule has 0 saturated carbocycles. The molecule has 0 fully saturated rings. The van der Waals surface area contributed by atoms with Gasteiger partial charge in [0.05, 0.1) is 12.7 Å². The van der Waals surface area contributed by atoms with Crippen LogP contribution in [0.1, 0.15) is 22.3 Å². The van der Waals surface area contributed by atoms with Gasteiger partial charge in [0.1, 0.15) is 11.5 Å². The summed E-state index contributed by atoms with van der Waals surface area (Å²) in [7, 11) is 1.36. The Kier molecular flexibility index (Phi) is 5.14. The molecule has 0 bridgehead atoms. The van der Waals surface area contributed by atoms with Crippen molar-refractivity contribution in [1.82, 2.24) is 0 Å². The maximum Gasteiger partial charge on any atom is 0.343 e. The first kappa shape index (κ1) is 15.6. The number of esters is 2. The number of aryl methyl sites for hydroxylation is 1. The minimum absolute atomic E-state index is 0.0894. The number of ether oxygens (including phenoxy) is 2. The molecule has 5 nitrogen and oxygen atoms in total. The van der Waals surface area contributed by atoms with E-state index in [9.17, 15) is 14.7 Å². The van der Waals surface area contributed by atoms with Gasteiger partial charge in [0.2, 0.25) is 0 Å². The van der Waals surface area contributed by atoms with E-state index >= 15 is 0 Å². The predicted molar refractivity (Wildman–Crippen MR) is 79.8 cm³/mol. The molecule has 2 rings (SSSR count). The Morgan fingerprint density at radius 2 is 1.64 bits per heavy atom. The quantitative estimate of drug-likeness (QED) is 0.679. The topological polar surface area (TPSA) is 72.8 Å². The summed E-state index contributed by atoms with van der Waals surface area (Å²) in [5, 5.41) is 9.18. The average molecular weight is 300 g/mol. The number of carbonyl (C=O) groups excluding carboxylic acids is 2. The average Bonchev–Trinajstić information content (AvgIpc) is 2.54. The van der Waals surface area contributed by atoms with E-state index in [1.54, 1.807) is 24.3 Å². The van der Waals surface area contributed by atoms with Gasteiger partial charge < -0.3 is 14.6 Å². The lowest BCUT2D eigenvalue weighted by Gasteiger charge is -2.06. The fraction of sp³-hybridized carbons (Fsp3) is 0.176. The highest BCUT2D eigenvalue weighted by Crippen LogP contribution is 2.16. The zero-order chi connectivity index (χ0) is 15.9. The second kappa shape index (κ2) is 7.26. The van der Waals surface area contributed by atoms with Crippen molar-refractivity contribution in [3.05, 3.63) is 59.7 Å². The van der Waals surface area contributed by atoms with Crippen LogP contribution in [-0.4, -0.2) is 24.2 Å². The van der Waals surface area contributed by atoms with Crippen molar-refractivity contribution < 1.29 is 24.2 Å². The molecule has 0 heterocycles. The fourth-order valence-corrected chi connectivity index (χ4v) is 1.84. The van der Waals surface area contributed by atoms with Gasteiger partial charge in [0.15, 0.2) is 0 Å². The van der Waals surface area contributed by atoms with Gasteiger partial charge in [0, 0.05) is 6.42 Å². The minimum atomic E-state index is -0.498. The first-order valence-corrected chi connectivity index (χ1v) is 6.75. The zero-order valence-corrected chi connectivity index (χ0v) is 12.1. The molecular formula is C17H16O5. The second-order valence-corrected chi connectivity index (χ2v) is 4.66. The smallest absolute Gasteiger partial charge is 0.343 e. The van der Waals surface area contributed by atoms with E-state index in [2.05, 4.69) is 4.74 Å². The molecule has 1 N–H and O–H groups in total. The predicted octanol–water partition coefficient (Wildman–Crippen LogP) is 2.72. The first-order chi connectivity index (χ1) is 10.6. The first-order valence-electron chi connectivity index (χ1n) is 6.75. The molecule has 0 saturated heterocycles. The van der Waals surface area contributed by atoms with E-state index in [4.69, 9.17) is 4.74 Å². The summed E-state index contributed by atoms with van der Waals surface area (Å²) in [4.78, 5) is 23.0. The zero-order valence-electron chi connectivity index (χ0n) is 12.1. The van der Waals surface area contributed by atoms with Crippen LogP contribution >= 0.6 is 0 Å². The lowest BCUT2D eigenvalue weighted by molar-refractivity contribution is -0.140. The standard InChI is InChI=1S/C17H16O5/c1-21-16(19)11-4-12-2-9-15(10-3-12)22-17(20)13-5-7-14(18)8-6-13/h2-3,5-10,18H,4,11H2,1H3. The Morgan fingerprint density at radius 3 is 2.23 bits per heavy atom. The van der Waals surface area contributed by atoms with Gasteiger partial charge in [0.25, 0.3) is 0 Å². The van der Waals surface area contributed by atoms with Crippen LogP contribution in [0.4, 0.5) is 0 Å². The lowest BCUT2D eigenvalue weighted by Crippen LogP contribution is -2.08. The third kappa shape index (κ3) is 4.34. The molecular weight excluding hydrogens is 284 g/mol. The van der Waals surface area contributed by atoms with Gasteiger partial charge in [-0.15, -0.1) is 0 Å². The van der Waals surface area contributed by atoms with Crippen molar-refractivity contribution in [1.29, 1.82) is 0 Å². The molecule has 0 amide bonds. The summed E-state index contributed by atoms with van der Waals surface area (Å²) < 4.78 is 9.81. The van der Waals surface area contributed by atoms with Crippen molar-refractivity contribution in [2.24, 2.45) is 0 Å². The van der Waals surface area contributed by atoms with Crippen molar-refractivity contribution >= 4 is 11.9 Å². The van der Waals surface area contributed by atoms with Crippen LogP contribution < -0.4 is 4.74 Å². The van der Waals surface area contributed by atoms with Crippen molar-refractivity contribution in [3.63, 3.8) is 0 Å². The normalized spacial score (nSPS) is 10.0. The Labute approximate surface area is 128 Å². The molecule has 2 aromatic carbocycles. The Morgan fingerprint density at radius 1 is 1.00 bits per heavy atom. The van der Waals surface area contributed by atoms with Crippen LogP contribution in [-0.2, 0) is 16.0 Å². The molecule has 0 radical (unpaired) electrons. The summed E-state index contributed by atoms with van der Waals surface area (Å²) in [5.74, 6) is -0.253. The molecule has 2 aromatic rings. The fourth-order valence-electron chi connectivity index (χ4n) is 1.84. The molecule has 114 valence electrons. The number of hydrogen-bond acceptors (Lipinski definition) is 5. The van der Waals surface area contributed by atoms with Crippen LogP contribution in [0.3, 0.4) is 0 Å². The summed E-state index contributed by atoms with van der Waals surface area (Å²) >= 11 is 0. The molecule has 0 aliphatic carbocycles. The number of carbonyl (C=O) groups is 2.